The quantitative estimate of drug-likeness (QED) is 0.835. The van der Waals surface area contributed by atoms with Gasteiger partial charge in [-0.05, 0) is 38.1 Å². The molecule has 0 aliphatic heterocycles. The first-order chi connectivity index (χ1) is 8.72. The van der Waals surface area contributed by atoms with Crippen LogP contribution >= 0.6 is 15.9 Å². The average molecular weight is 309 g/mol. The van der Waals surface area contributed by atoms with E-state index in [1.54, 1.807) is 0 Å². The second kappa shape index (κ2) is 6.02. The van der Waals surface area contributed by atoms with Crippen LogP contribution in [0.25, 0.3) is 5.69 Å². The SMILES string of the molecule is Cc1c(NCCCN)cnn1-c1cccc(Br)c1. The third kappa shape index (κ3) is 2.91. The zero-order valence-electron chi connectivity index (χ0n) is 10.4. The highest BCUT2D eigenvalue weighted by molar-refractivity contribution is 9.10. The molecule has 0 aliphatic rings. The minimum Gasteiger partial charge on any atom is -0.382 e. The molecule has 1 aromatic carbocycles. The fourth-order valence-electron chi connectivity index (χ4n) is 1.78. The van der Waals surface area contributed by atoms with Gasteiger partial charge in [0, 0.05) is 11.0 Å². The number of halogens is 1. The van der Waals surface area contributed by atoms with E-state index in [4.69, 9.17) is 5.73 Å². The molecule has 0 saturated heterocycles. The highest BCUT2D eigenvalue weighted by Crippen LogP contribution is 2.20. The van der Waals surface area contributed by atoms with Crippen LogP contribution in [0.3, 0.4) is 0 Å². The van der Waals surface area contributed by atoms with Gasteiger partial charge in [-0.3, -0.25) is 0 Å². The summed E-state index contributed by atoms with van der Waals surface area (Å²) in [5.41, 5.74) is 8.69. The number of aromatic nitrogens is 2. The third-order valence-electron chi connectivity index (χ3n) is 2.76. The molecule has 1 heterocycles. The lowest BCUT2D eigenvalue weighted by Crippen LogP contribution is -2.09. The lowest BCUT2D eigenvalue weighted by Gasteiger charge is -2.07. The predicted octanol–water partition coefficient (Wildman–Crippen LogP) is 2.70. The van der Waals surface area contributed by atoms with E-state index in [1.807, 2.05) is 35.1 Å². The summed E-state index contributed by atoms with van der Waals surface area (Å²) >= 11 is 3.47. The van der Waals surface area contributed by atoms with Gasteiger partial charge in [0.2, 0.25) is 0 Å². The molecule has 1 aromatic heterocycles. The molecular formula is C13H17BrN4. The Morgan fingerprint density at radius 1 is 1.44 bits per heavy atom. The first-order valence-electron chi connectivity index (χ1n) is 5.97. The van der Waals surface area contributed by atoms with E-state index in [1.165, 1.54) is 0 Å². The molecule has 0 spiro atoms. The maximum atomic E-state index is 5.48. The Kier molecular flexibility index (Phi) is 4.38. The van der Waals surface area contributed by atoms with Crippen LogP contribution in [0.5, 0.6) is 0 Å². The van der Waals surface area contributed by atoms with Crippen molar-refractivity contribution in [2.75, 3.05) is 18.4 Å². The van der Waals surface area contributed by atoms with Gasteiger partial charge in [-0.2, -0.15) is 5.10 Å². The smallest absolute Gasteiger partial charge is 0.0761 e. The summed E-state index contributed by atoms with van der Waals surface area (Å²) in [5, 5.41) is 7.75. The van der Waals surface area contributed by atoms with Crippen molar-refractivity contribution in [2.24, 2.45) is 5.73 Å². The Balaban J connectivity index is 2.20. The Bertz CT molecular complexity index is 521. The number of hydrogen-bond donors (Lipinski definition) is 2. The summed E-state index contributed by atoms with van der Waals surface area (Å²) in [4.78, 5) is 0. The summed E-state index contributed by atoms with van der Waals surface area (Å²) in [7, 11) is 0. The van der Waals surface area contributed by atoms with Crippen LogP contribution in [0.1, 0.15) is 12.1 Å². The van der Waals surface area contributed by atoms with Crippen LogP contribution in [0.2, 0.25) is 0 Å². The van der Waals surface area contributed by atoms with Crippen molar-refractivity contribution in [1.82, 2.24) is 9.78 Å². The molecule has 0 saturated carbocycles. The van der Waals surface area contributed by atoms with Gasteiger partial charge in [-0.25, -0.2) is 4.68 Å². The first kappa shape index (κ1) is 13.1. The number of nitrogens with one attached hydrogen (secondary N) is 1. The van der Waals surface area contributed by atoms with Crippen molar-refractivity contribution < 1.29 is 0 Å². The van der Waals surface area contributed by atoms with E-state index in [2.05, 4.69) is 33.3 Å². The van der Waals surface area contributed by atoms with Gasteiger partial charge in [0.15, 0.2) is 0 Å². The third-order valence-corrected chi connectivity index (χ3v) is 3.25. The van der Waals surface area contributed by atoms with E-state index >= 15 is 0 Å². The standard InChI is InChI=1S/C13H17BrN4/c1-10-13(16-7-3-6-15)9-17-18(10)12-5-2-4-11(14)8-12/h2,4-5,8-9,16H,3,6-7,15H2,1H3. The van der Waals surface area contributed by atoms with Gasteiger partial charge < -0.3 is 11.1 Å². The number of benzene rings is 1. The maximum absolute atomic E-state index is 5.48. The molecule has 3 N–H and O–H groups in total. The Morgan fingerprint density at radius 3 is 3.00 bits per heavy atom. The molecule has 0 unspecified atom stereocenters. The maximum Gasteiger partial charge on any atom is 0.0761 e. The van der Waals surface area contributed by atoms with E-state index in [0.29, 0.717) is 6.54 Å². The van der Waals surface area contributed by atoms with E-state index < -0.39 is 0 Å². The number of rotatable bonds is 5. The van der Waals surface area contributed by atoms with Crippen LogP contribution in [0, 0.1) is 6.92 Å². The highest BCUT2D eigenvalue weighted by atomic mass is 79.9. The lowest BCUT2D eigenvalue weighted by molar-refractivity contribution is 0.844. The summed E-state index contributed by atoms with van der Waals surface area (Å²) in [6.45, 7) is 3.63. The fraction of sp³-hybridized carbons (Fsp3) is 0.308. The van der Waals surface area contributed by atoms with Crippen molar-refractivity contribution in [3.05, 3.63) is 40.6 Å². The molecule has 5 heteroatoms. The van der Waals surface area contributed by atoms with Crippen molar-refractivity contribution in [1.29, 1.82) is 0 Å². The minimum absolute atomic E-state index is 0.700. The summed E-state index contributed by atoms with van der Waals surface area (Å²) in [6, 6.07) is 8.09. The number of anilines is 1. The van der Waals surface area contributed by atoms with Gasteiger partial charge in [-0.15, -0.1) is 0 Å². The van der Waals surface area contributed by atoms with E-state index in [-0.39, 0.29) is 0 Å². The van der Waals surface area contributed by atoms with Gasteiger partial charge in [-0.1, -0.05) is 22.0 Å². The molecule has 2 rings (SSSR count). The molecule has 0 fully saturated rings. The normalized spacial score (nSPS) is 10.6. The van der Waals surface area contributed by atoms with Crippen LogP contribution in [-0.2, 0) is 0 Å². The molecule has 0 atom stereocenters. The highest BCUT2D eigenvalue weighted by Gasteiger charge is 2.07. The topological polar surface area (TPSA) is 55.9 Å². The zero-order valence-corrected chi connectivity index (χ0v) is 11.9. The molecule has 2 aromatic rings. The van der Waals surface area contributed by atoms with E-state index in [9.17, 15) is 0 Å². The van der Waals surface area contributed by atoms with Crippen molar-refractivity contribution in [2.45, 2.75) is 13.3 Å². The average Bonchev–Trinajstić information content (AvgIpc) is 2.72. The molecule has 0 radical (unpaired) electrons. The van der Waals surface area contributed by atoms with Crippen LogP contribution in [0.4, 0.5) is 5.69 Å². The molecular weight excluding hydrogens is 292 g/mol. The van der Waals surface area contributed by atoms with Crippen molar-refractivity contribution in [3.63, 3.8) is 0 Å². The molecule has 4 nitrogen and oxygen atoms in total. The fourth-order valence-corrected chi connectivity index (χ4v) is 2.16. The van der Waals surface area contributed by atoms with Gasteiger partial charge in [0.25, 0.3) is 0 Å². The lowest BCUT2D eigenvalue weighted by atomic mass is 10.3. The zero-order chi connectivity index (χ0) is 13.0. The van der Waals surface area contributed by atoms with Gasteiger partial charge in [0.05, 0.1) is 23.3 Å². The Morgan fingerprint density at radius 2 is 2.28 bits per heavy atom. The second-order valence-corrected chi connectivity index (χ2v) is 5.02. The van der Waals surface area contributed by atoms with Gasteiger partial charge in [0.1, 0.15) is 0 Å². The largest absolute Gasteiger partial charge is 0.382 e. The monoisotopic (exact) mass is 308 g/mol. The van der Waals surface area contributed by atoms with Crippen LogP contribution < -0.4 is 11.1 Å². The summed E-state index contributed by atoms with van der Waals surface area (Å²) in [5.74, 6) is 0. The summed E-state index contributed by atoms with van der Waals surface area (Å²) < 4.78 is 2.97. The van der Waals surface area contributed by atoms with Crippen molar-refractivity contribution >= 4 is 21.6 Å². The number of nitrogens with zero attached hydrogens (tertiary/aromatic N) is 2. The number of hydrogen-bond acceptors (Lipinski definition) is 3. The van der Waals surface area contributed by atoms with Crippen LogP contribution in [-0.4, -0.2) is 22.9 Å². The van der Waals surface area contributed by atoms with Crippen molar-refractivity contribution in [3.8, 4) is 5.69 Å². The number of nitrogens with two attached hydrogens (primary N) is 1. The Hall–Kier alpha value is -1.33. The molecule has 0 bridgehead atoms. The minimum atomic E-state index is 0.700. The molecule has 96 valence electrons. The van der Waals surface area contributed by atoms with Gasteiger partial charge >= 0.3 is 0 Å². The molecule has 0 amide bonds. The second-order valence-electron chi connectivity index (χ2n) is 4.10. The predicted molar refractivity (Wildman–Crippen MR) is 78.2 cm³/mol. The summed E-state index contributed by atoms with van der Waals surface area (Å²) in [6.07, 6.45) is 2.81. The molecule has 0 aliphatic carbocycles. The molecule has 18 heavy (non-hydrogen) atoms. The van der Waals surface area contributed by atoms with Crippen LogP contribution in [0.15, 0.2) is 34.9 Å². The first-order valence-corrected chi connectivity index (χ1v) is 6.76. The van der Waals surface area contributed by atoms with E-state index in [0.717, 1.165) is 34.5 Å². The Labute approximate surface area is 115 Å².